The molecule has 0 N–H and O–H groups in total. The van der Waals surface area contributed by atoms with Gasteiger partial charge in [0.15, 0.2) is 0 Å². The first-order valence-corrected chi connectivity index (χ1v) is 19.4. The highest BCUT2D eigenvalue weighted by molar-refractivity contribution is 7.21. The molecule has 40 heavy (non-hydrogen) atoms. The van der Waals surface area contributed by atoms with Crippen molar-refractivity contribution in [2.45, 2.75) is 169 Å². The van der Waals surface area contributed by atoms with Crippen molar-refractivity contribution >= 4 is 28.2 Å². The quantitative estimate of drug-likeness (QED) is 0.0921. The molecule has 0 atom stereocenters. The lowest BCUT2D eigenvalue weighted by Gasteiger charge is -2.25. The lowest BCUT2D eigenvalue weighted by atomic mass is 9.80. The molecule has 2 aromatic heterocycles. The Labute approximate surface area is 257 Å². The van der Waals surface area contributed by atoms with Crippen LogP contribution in [0, 0.1) is 11.8 Å². The molecule has 0 radical (unpaired) electrons. The maximum atomic E-state index is 2.46. The van der Waals surface area contributed by atoms with Crippen LogP contribution in [0.15, 0.2) is 28.5 Å². The summed E-state index contributed by atoms with van der Waals surface area (Å²) in [5.41, 5.74) is 6.66. The summed E-state index contributed by atoms with van der Waals surface area (Å²) in [5, 5.41) is 4.70. The van der Waals surface area contributed by atoms with Gasteiger partial charge >= 0.3 is 0 Å². The molecule has 3 rings (SSSR count). The SMILES string of the molecule is CCCCCCC(CCCCCC)CC(CC(CCCCCC)CCCCCC)=C1c2ccsc2-c2sccc21. The predicted molar refractivity (Wildman–Crippen MR) is 185 cm³/mol. The fraction of sp³-hybridized carbons (Fsp3) is 0.737. The van der Waals surface area contributed by atoms with E-state index in [1.54, 1.807) is 26.5 Å². The molecule has 0 nitrogen and oxygen atoms in total. The van der Waals surface area contributed by atoms with Crippen LogP contribution >= 0.6 is 22.7 Å². The van der Waals surface area contributed by atoms with Crippen molar-refractivity contribution in [2.24, 2.45) is 11.8 Å². The van der Waals surface area contributed by atoms with Crippen LogP contribution in [0.1, 0.15) is 180 Å². The normalized spacial score (nSPS) is 12.6. The number of thiophene rings is 2. The molecule has 1 aliphatic rings. The zero-order valence-electron chi connectivity index (χ0n) is 26.8. The Morgan fingerprint density at radius 3 is 1.18 bits per heavy atom. The van der Waals surface area contributed by atoms with Crippen molar-refractivity contribution in [3.8, 4) is 9.75 Å². The highest BCUT2D eigenvalue weighted by Crippen LogP contribution is 2.52. The van der Waals surface area contributed by atoms with Crippen molar-refractivity contribution in [2.75, 3.05) is 0 Å². The molecule has 0 bridgehead atoms. The Morgan fingerprint density at radius 2 is 0.850 bits per heavy atom. The summed E-state index contributed by atoms with van der Waals surface area (Å²) in [4.78, 5) is 3.12. The molecule has 1 aliphatic carbocycles. The third-order valence-electron chi connectivity index (χ3n) is 9.36. The van der Waals surface area contributed by atoms with Gasteiger partial charge in [0, 0.05) is 11.1 Å². The lowest BCUT2D eigenvalue weighted by Crippen LogP contribution is -2.10. The van der Waals surface area contributed by atoms with Gasteiger partial charge < -0.3 is 0 Å². The van der Waals surface area contributed by atoms with E-state index in [1.165, 1.54) is 141 Å². The molecular weight excluding hydrogens is 521 g/mol. The van der Waals surface area contributed by atoms with E-state index < -0.39 is 0 Å². The summed E-state index contributed by atoms with van der Waals surface area (Å²) in [7, 11) is 0. The molecule has 2 heterocycles. The van der Waals surface area contributed by atoms with Gasteiger partial charge in [-0.15, -0.1) is 22.7 Å². The van der Waals surface area contributed by atoms with Crippen LogP contribution < -0.4 is 0 Å². The van der Waals surface area contributed by atoms with Gasteiger partial charge in [0.25, 0.3) is 0 Å². The van der Waals surface area contributed by atoms with E-state index >= 15 is 0 Å². The first-order chi connectivity index (χ1) is 19.7. The van der Waals surface area contributed by atoms with Crippen molar-refractivity contribution in [1.82, 2.24) is 0 Å². The van der Waals surface area contributed by atoms with Gasteiger partial charge in [-0.05, 0) is 53.1 Å². The highest BCUT2D eigenvalue weighted by atomic mass is 32.1. The van der Waals surface area contributed by atoms with Gasteiger partial charge in [-0.25, -0.2) is 0 Å². The first-order valence-electron chi connectivity index (χ1n) is 17.6. The summed E-state index contributed by atoms with van der Waals surface area (Å²) in [6.07, 6.45) is 30.9. The molecule has 0 aliphatic heterocycles. The number of hydrogen-bond acceptors (Lipinski definition) is 2. The second-order valence-corrected chi connectivity index (χ2v) is 14.7. The summed E-state index contributed by atoms with van der Waals surface area (Å²) >= 11 is 3.94. The minimum absolute atomic E-state index is 0.863. The molecule has 0 saturated heterocycles. The molecule has 0 unspecified atom stereocenters. The van der Waals surface area contributed by atoms with Crippen LogP contribution in [0.3, 0.4) is 0 Å². The summed E-state index contributed by atoms with van der Waals surface area (Å²) in [6.45, 7) is 9.40. The fourth-order valence-electron chi connectivity index (χ4n) is 7.01. The van der Waals surface area contributed by atoms with E-state index in [0.29, 0.717) is 0 Å². The molecule has 0 fully saturated rings. The Balaban J connectivity index is 1.88. The molecule has 0 aromatic carbocycles. The minimum atomic E-state index is 0.863. The summed E-state index contributed by atoms with van der Waals surface area (Å²) < 4.78 is 0. The number of fused-ring (bicyclic) bond motifs is 3. The Bertz CT molecular complexity index is 846. The summed E-state index contributed by atoms with van der Waals surface area (Å²) in [6, 6.07) is 4.91. The van der Waals surface area contributed by atoms with Crippen LogP contribution in [-0.4, -0.2) is 0 Å². The second kappa shape index (κ2) is 20.1. The molecule has 226 valence electrons. The number of allylic oxidation sites excluding steroid dienone is 1. The van der Waals surface area contributed by atoms with E-state index in [9.17, 15) is 0 Å². The highest BCUT2D eigenvalue weighted by Gasteiger charge is 2.30. The smallest absolute Gasteiger partial charge is 0.0527 e. The number of unbranched alkanes of at least 4 members (excludes halogenated alkanes) is 12. The van der Waals surface area contributed by atoms with E-state index in [-0.39, 0.29) is 0 Å². The third-order valence-corrected chi connectivity index (χ3v) is 11.4. The van der Waals surface area contributed by atoms with Crippen molar-refractivity contribution in [3.63, 3.8) is 0 Å². The van der Waals surface area contributed by atoms with Crippen LogP contribution in [-0.2, 0) is 0 Å². The van der Waals surface area contributed by atoms with Gasteiger partial charge in [0.2, 0.25) is 0 Å². The van der Waals surface area contributed by atoms with Crippen LogP contribution in [0.4, 0.5) is 0 Å². The van der Waals surface area contributed by atoms with Crippen molar-refractivity contribution in [3.05, 3.63) is 39.6 Å². The van der Waals surface area contributed by atoms with Crippen molar-refractivity contribution < 1.29 is 0 Å². The Morgan fingerprint density at radius 1 is 0.500 bits per heavy atom. The number of hydrogen-bond donors (Lipinski definition) is 0. The van der Waals surface area contributed by atoms with Crippen LogP contribution in [0.2, 0.25) is 0 Å². The third kappa shape index (κ3) is 10.8. The number of rotatable bonds is 24. The molecule has 0 amide bonds. The topological polar surface area (TPSA) is 0 Å². The average molecular weight is 583 g/mol. The monoisotopic (exact) mass is 582 g/mol. The van der Waals surface area contributed by atoms with Gasteiger partial charge in [-0.2, -0.15) is 0 Å². The predicted octanol–water partition coefficient (Wildman–Crippen LogP) is 14.5. The summed E-state index contributed by atoms with van der Waals surface area (Å²) in [5.74, 6) is 1.73. The second-order valence-electron chi connectivity index (χ2n) is 12.8. The van der Waals surface area contributed by atoms with Crippen molar-refractivity contribution in [1.29, 1.82) is 0 Å². The van der Waals surface area contributed by atoms with Gasteiger partial charge in [0.1, 0.15) is 0 Å². The molecule has 0 spiro atoms. The van der Waals surface area contributed by atoms with Gasteiger partial charge in [-0.3, -0.25) is 0 Å². The van der Waals surface area contributed by atoms with E-state index in [0.717, 1.165) is 11.8 Å². The zero-order valence-corrected chi connectivity index (χ0v) is 28.5. The molecule has 2 aromatic rings. The maximum absolute atomic E-state index is 2.46. The largest absolute Gasteiger partial charge is 0.142 e. The molecular formula is C38H62S2. The molecule has 2 heteroatoms. The maximum Gasteiger partial charge on any atom is 0.0527 e. The van der Waals surface area contributed by atoms with Gasteiger partial charge in [0.05, 0.1) is 9.75 Å². The average Bonchev–Trinajstić information content (AvgIpc) is 3.68. The van der Waals surface area contributed by atoms with Crippen LogP contribution in [0.5, 0.6) is 0 Å². The zero-order chi connectivity index (χ0) is 28.4. The Hall–Kier alpha value is -0.860. The minimum Gasteiger partial charge on any atom is -0.142 e. The standard InChI is InChI=1S/C38H62S2/c1-5-9-13-17-21-31(22-18-14-10-6-2)29-33(30-32(23-19-15-11-7-3)24-20-16-12-8-4)36-34-25-27-39-37(34)38-35(36)26-28-40-38/h25-28,31-32H,5-24,29-30H2,1-4H3. The molecule has 0 saturated carbocycles. The van der Waals surface area contributed by atoms with E-state index in [1.807, 2.05) is 28.2 Å². The van der Waals surface area contributed by atoms with Gasteiger partial charge in [-0.1, -0.05) is 162 Å². The van der Waals surface area contributed by atoms with Crippen LogP contribution in [0.25, 0.3) is 15.3 Å². The van der Waals surface area contributed by atoms with E-state index in [2.05, 4.69) is 50.6 Å². The Kier molecular flexibility index (Phi) is 16.9. The fourth-order valence-corrected chi connectivity index (χ4v) is 9.01. The lowest BCUT2D eigenvalue weighted by molar-refractivity contribution is 0.370. The first kappa shape index (κ1) is 33.6. The van der Waals surface area contributed by atoms with E-state index in [4.69, 9.17) is 0 Å².